The lowest BCUT2D eigenvalue weighted by atomic mass is 9.90. The molecule has 98 valence electrons. The Morgan fingerprint density at radius 1 is 1.11 bits per heavy atom. The van der Waals surface area contributed by atoms with Crippen molar-refractivity contribution < 1.29 is 0 Å². The quantitative estimate of drug-likeness (QED) is 0.842. The van der Waals surface area contributed by atoms with E-state index in [4.69, 9.17) is 0 Å². The second kappa shape index (κ2) is 5.44. The number of hydrogen-bond acceptors (Lipinski definition) is 1. The highest BCUT2D eigenvalue weighted by Crippen LogP contribution is 2.37. The molecular weight excluding hydrogens is 218 g/mol. The summed E-state index contributed by atoms with van der Waals surface area (Å²) in [6.07, 6.45) is 9.63. The monoisotopic (exact) mass is 243 g/mol. The van der Waals surface area contributed by atoms with Gasteiger partial charge in [0.2, 0.25) is 0 Å². The normalized spacial score (nSPS) is 21.2. The Hall–Kier alpha value is -0.820. The van der Waals surface area contributed by atoms with Crippen molar-refractivity contribution in [3.63, 3.8) is 0 Å². The van der Waals surface area contributed by atoms with Gasteiger partial charge < -0.3 is 5.32 Å². The zero-order valence-corrected chi connectivity index (χ0v) is 11.5. The third kappa shape index (κ3) is 2.33. The van der Waals surface area contributed by atoms with Crippen molar-refractivity contribution in [3.8, 4) is 0 Å². The van der Waals surface area contributed by atoms with Gasteiger partial charge in [0, 0.05) is 6.04 Å². The molecule has 1 nitrogen and oxygen atoms in total. The van der Waals surface area contributed by atoms with Crippen molar-refractivity contribution in [2.45, 2.75) is 57.9 Å². The minimum atomic E-state index is 0.600. The van der Waals surface area contributed by atoms with Gasteiger partial charge in [-0.05, 0) is 61.3 Å². The van der Waals surface area contributed by atoms with Gasteiger partial charge >= 0.3 is 0 Å². The van der Waals surface area contributed by atoms with E-state index in [0.29, 0.717) is 6.04 Å². The van der Waals surface area contributed by atoms with E-state index >= 15 is 0 Å². The average molecular weight is 243 g/mol. The van der Waals surface area contributed by atoms with E-state index < -0.39 is 0 Å². The van der Waals surface area contributed by atoms with Gasteiger partial charge in [0.15, 0.2) is 0 Å². The van der Waals surface area contributed by atoms with Crippen molar-refractivity contribution in [3.05, 3.63) is 34.9 Å². The van der Waals surface area contributed by atoms with Crippen molar-refractivity contribution >= 4 is 0 Å². The molecular formula is C17H25N. The lowest BCUT2D eigenvalue weighted by Crippen LogP contribution is -2.27. The van der Waals surface area contributed by atoms with Crippen molar-refractivity contribution in [1.82, 2.24) is 5.32 Å². The fourth-order valence-electron chi connectivity index (χ4n) is 3.85. The molecule has 0 saturated heterocycles. The third-order valence-corrected chi connectivity index (χ3v) is 4.78. The largest absolute Gasteiger partial charge is 0.310 e. The van der Waals surface area contributed by atoms with Crippen molar-refractivity contribution in [2.75, 3.05) is 6.54 Å². The maximum atomic E-state index is 3.73. The molecule has 1 fully saturated rings. The summed E-state index contributed by atoms with van der Waals surface area (Å²) in [7, 11) is 0. The van der Waals surface area contributed by atoms with E-state index in [2.05, 4.69) is 30.4 Å². The molecule has 1 saturated carbocycles. The predicted octanol–water partition coefficient (Wildman–Crippen LogP) is 4.02. The summed E-state index contributed by atoms with van der Waals surface area (Å²) in [5, 5.41) is 3.73. The Labute approximate surface area is 111 Å². The van der Waals surface area contributed by atoms with Crippen LogP contribution in [0.2, 0.25) is 0 Å². The molecule has 1 heteroatoms. The zero-order chi connectivity index (χ0) is 12.4. The molecule has 2 aliphatic carbocycles. The number of aryl methyl sites for hydroxylation is 2. The van der Waals surface area contributed by atoms with Crippen LogP contribution in [0.25, 0.3) is 0 Å². The number of nitrogens with one attached hydrogen (secondary N) is 1. The summed E-state index contributed by atoms with van der Waals surface area (Å²) >= 11 is 0. The lowest BCUT2D eigenvalue weighted by molar-refractivity contribution is 0.374. The second-order valence-corrected chi connectivity index (χ2v) is 5.96. The Kier molecular flexibility index (Phi) is 3.69. The van der Waals surface area contributed by atoms with Gasteiger partial charge in [0.1, 0.15) is 0 Å². The molecule has 0 aliphatic heterocycles. The number of fused-ring (bicyclic) bond motifs is 1. The Morgan fingerprint density at radius 3 is 2.67 bits per heavy atom. The van der Waals surface area contributed by atoms with Crippen LogP contribution >= 0.6 is 0 Å². The van der Waals surface area contributed by atoms with Crippen LogP contribution in [0.3, 0.4) is 0 Å². The highest BCUT2D eigenvalue weighted by atomic mass is 14.9. The van der Waals surface area contributed by atoms with Crippen LogP contribution in [0.4, 0.5) is 0 Å². The molecule has 1 aromatic carbocycles. The zero-order valence-electron chi connectivity index (χ0n) is 11.5. The number of rotatable bonds is 4. The summed E-state index contributed by atoms with van der Waals surface area (Å²) in [5.41, 5.74) is 4.76. The number of hydrogen-bond donors (Lipinski definition) is 1. The summed E-state index contributed by atoms with van der Waals surface area (Å²) in [4.78, 5) is 0. The van der Waals surface area contributed by atoms with Gasteiger partial charge in [-0.1, -0.05) is 38.0 Å². The second-order valence-electron chi connectivity index (χ2n) is 5.96. The van der Waals surface area contributed by atoms with Gasteiger partial charge in [-0.15, -0.1) is 0 Å². The Bertz CT molecular complexity index is 404. The fourth-order valence-corrected chi connectivity index (χ4v) is 3.85. The van der Waals surface area contributed by atoms with E-state index in [1.54, 1.807) is 16.7 Å². The standard InChI is InChI=1S/C17H25N/c1-2-18-17(14-6-3-4-7-14)16-11-10-13-8-5-9-15(13)12-16/h10-12,14,17-18H,2-9H2,1H3. The van der Waals surface area contributed by atoms with Crippen LogP contribution in [0.15, 0.2) is 18.2 Å². The molecule has 0 amide bonds. The minimum Gasteiger partial charge on any atom is -0.310 e. The molecule has 1 N–H and O–H groups in total. The van der Waals surface area contributed by atoms with E-state index in [1.807, 2.05) is 0 Å². The summed E-state index contributed by atoms with van der Waals surface area (Å²) in [6.45, 7) is 3.31. The van der Waals surface area contributed by atoms with Crippen LogP contribution < -0.4 is 5.32 Å². The molecule has 1 unspecified atom stereocenters. The highest BCUT2D eigenvalue weighted by Gasteiger charge is 2.26. The summed E-state index contributed by atoms with van der Waals surface area (Å²) in [5.74, 6) is 0.865. The maximum Gasteiger partial charge on any atom is 0.0348 e. The van der Waals surface area contributed by atoms with E-state index in [9.17, 15) is 0 Å². The molecule has 1 aromatic rings. The van der Waals surface area contributed by atoms with Crippen molar-refractivity contribution in [2.24, 2.45) is 5.92 Å². The first-order chi connectivity index (χ1) is 8.88. The smallest absolute Gasteiger partial charge is 0.0348 e. The molecule has 18 heavy (non-hydrogen) atoms. The molecule has 0 radical (unpaired) electrons. The predicted molar refractivity (Wildman–Crippen MR) is 76.8 cm³/mol. The number of benzene rings is 1. The first-order valence-corrected chi connectivity index (χ1v) is 7.73. The van der Waals surface area contributed by atoms with Crippen LogP contribution in [-0.2, 0) is 12.8 Å². The molecule has 0 heterocycles. The Morgan fingerprint density at radius 2 is 1.89 bits per heavy atom. The average Bonchev–Trinajstić information content (AvgIpc) is 3.05. The molecule has 1 atom stereocenters. The Balaban J connectivity index is 1.84. The van der Waals surface area contributed by atoms with Gasteiger partial charge in [0.25, 0.3) is 0 Å². The lowest BCUT2D eigenvalue weighted by Gasteiger charge is -2.25. The fraction of sp³-hybridized carbons (Fsp3) is 0.647. The summed E-state index contributed by atoms with van der Waals surface area (Å²) in [6, 6.07) is 7.86. The molecule has 0 bridgehead atoms. The van der Waals surface area contributed by atoms with Crippen LogP contribution in [-0.4, -0.2) is 6.54 Å². The van der Waals surface area contributed by atoms with Crippen LogP contribution in [0.5, 0.6) is 0 Å². The van der Waals surface area contributed by atoms with Gasteiger partial charge in [-0.3, -0.25) is 0 Å². The van der Waals surface area contributed by atoms with E-state index in [1.165, 1.54) is 44.9 Å². The minimum absolute atomic E-state index is 0.600. The first kappa shape index (κ1) is 12.2. The van der Waals surface area contributed by atoms with Crippen LogP contribution in [0, 0.1) is 5.92 Å². The SMILES string of the molecule is CCNC(c1ccc2c(c1)CCC2)C1CCCC1. The van der Waals surface area contributed by atoms with E-state index in [-0.39, 0.29) is 0 Å². The summed E-state index contributed by atoms with van der Waals surface area (Å²) < 4.78 is 0. The van der Waals surface area contributed by atoms with E-state index in [0.717, 1.165) is 12.5 Å². The van der Waals surface area contributed by atoms with Gasteiger partial charge in [-0.25, -0.2) is 0 Å². The van der Waals surface area contributed by atoms with Gasteiger partial charge in [-0.2, -0.15) is 0 Å². The first-order valence-electron chi connectivity index (χ1n) is 7.73. The van der Waals surface area contributed by atoms with Gasteiger partial charge in [0.05, 0.1) is 0 Å². The molecule has 2 aliphatic rings. The molecule has 0 aromatic heterocycles. The highest BCUT2D eigenvalue weighted by molar-refractivity contribution is 5.36. The van der Waals surface area contributed by atoms with Crippen molar-refractivity contribution in [1.29, 1.82) is 0 Å². The maximum absolute atomic E-state index is 3.73. The molecule has 3 rings (SSSR count). The van der Waals surface area contributed by atoms with Crippen LogP contribution in [0.1, 0.15) is 61.8 Å². The third-order valence-electron chi connectivity index (χ3n) is 4.78. The topological polar surface area (TPSA) is 12.0 Å². The molecule has 0 spiro atoms.